The normalized spacial score (nSPS) is 15.8. The van der Waals surface area contributed by atoms with E-state index in [-0.39, 0.29) is 36.3 Å². The molecule has 0 aliphatic carbocycles. The molecule has 0 unspecified atom stereocenters. The van der Waals surface area contributed by atoms with Crippen molar-refractivity contribution in [1.29, 1.82) is 0 Å². The van der Waals surface area contributed by atoms with Gasteiger partial charge in [0.05, 0.1) is 12.1 Å². The average Bonchev–Trinajstić information content (AvgIpc) is 2.13. The van der Waals surface area contributed by atoms with Crippen LogP contribution in [0.2, 0.25) is 0 Å². The monoisotopic (exact) mass is 126 g/mol. The number of rotatable bonds is 1. The summed E-state index contributed by atoms with van der Waals surface area (Å²) in [6, 6.07) is -0.773. The smallest absolute Gasteiger partial charge is 0.0684 e. The fourth-order valence-electron chi connectivity index (χ4n) is 0.559. The summed E-state index contributed by atoms with van der Waals surface area (Å²) < 4.78 is 29.5. The molecule has 0 amide bonds. The maximum Gasteiger partial charge on any atom is 0.0684 e. The van der Waals surface area contributed by atoms with Crippen LogP contribution in [0.4, 0.5) is 0 Å². The van der Waals surface area contributed by atoms with Crippen LogP contribution >= 0.6 is 0 Å². The number of aliphatic hydroxyl groups is 1. The molecule has 1 heteroatoms. The molecule has 1 nitrogen and oxygen atoms in total. The minimum atomic E-state index is -0.358. The first-order valence-electron chi connectivity index (χ1n) is 4.67. The first-order valence-corrected chi connectivity index (χ1v) is 2.67. The number of hydrogen-bond acceptors (Lipinski definition) is 1. The molecule has 48 valence electrons. The SMILES string of the molecule is [2H]c1c([2H])c([2H])c(CO)c(C)c1[2H]. The highest BCUT2D eigenvalue weighted by Gasteiger charge is 1.90. The van der Waals surface area contributed by atoms with Gasteiger partial charge in [0.2, 0.25) is 0 Å². The van der Waals surface area contributed by atoms with Gasteiger partial charge in [-0.3, -0.25) is 0 Å². The predicted molar refractivity (Wildman–Crippen MR) is 37.1 cm³/mol. The van der Waals surface area contributed by atoms with Gasteiger partial charge in [0.15, 0.2) is 0 Å². The summed E-state index contributed by atoms with van der Waals surface area (Å²) in [6.07, 6.45) is 0. The summed E-state index contributed by atoms with van der Waals surface area (Å²) in [7, 11) is 0. The van der Waals surface area contributed by atoms with Gasteiger partial charge in [0.1, 0.15) is 0 Å². The highest BCUT2D eigenvalue weighted by molar-refractivity contribution is 5.24. The van der Waals surface area contributed by atoms with E-state index in [1.807, 2.05) is 0 Å². The Morgan fingerprint density at radius 3 is 2.89 bits per heavy atom. The van der Waals surface area contributed by atoms with Crippen LogP contribution in [0.1, 0.15) is 16.6 Å². The van der Waals surface area contributed by atoms with Crippen LogP contribution < -0.4 is 0 Å². The summed E-state index contributed by atoms with van der Waals surface area (Å²) in [6.45, 7) is 1.21. The van der Waals surface area contributed by atoms with Gasteiger partial charge in [-0.2, -0.15) is 0 Å². The Morgan fingerprint density at radius 2 is 2.22 bits per heavy atom. The van der Waals surface area contributed by atoms with Crippen molar-refractivity contribution in [2.24, 2.45) is 0 Å². The van der Waals surface area contributed by atoms with Crippen molar-refractivity contribution < 1.29 is 10.6 Å². The van der Waals surface area contributed by atoms with Gasteiger partial charge < -0.3 is 5.11 Å². The van der Waals surface area contributed by atoms with E-state index in [0.717, 1.165) is 0 Å². The molecule has 0 aromatic heterocycles. The van der Waals surface area contributed by atoms with Crippen molar-refractivity contribution in [1.82, 2.24) is 0 Å². The molecule has 0 fully saturated rings. The molecular weight excluding hydrogens is 112 g/mol. The lowest BCUT2D eigenvalue weighted by molar-refractivity contribution is 0.281. The van der Waals surface area contributed by atoms with Crippen molar-refractivity contribution in [3.63, 3.8) is 0 Å². The highest BCUT2D eigenvalue weighted by atomic mass is 16.3. The van der Waals surface area contributed by atoms with Gasteiger partial charge in [-0.1, -0.05) is 24.2 Å². The van der Waals surface area contributed by atoms with Gasteiger partial charge in [-0.25, -0.2) is 0 Å². The van der Waals surface area contributed by atoms with Crippen LogP contribution in [-0.2, 0) is 6.61 Å². The molecule has 1 N–H and O–H groups in total. The van der Waals surface area contributed by atoms with Crippen LogP contribution in [0.3, 0.4) is 0 Å². The van der Waals surface area contributed by atoms with Gasteiger partial charge in [-0.15, -0.1) is 0 Å². The Balaban J connectivity index is 3.56. The molecule has 0 atom stereocenters. The Hall–Kier alpha value is -0.820. The molecule has 0 radical (unpaired) electrons. The third-order valence-electron chi connectivity index (χ3n) is 1.14. The number of aliphatic hydroxyl groups excluding tert-OH is 1. The van der Waals surface area contributed by atoms with E-state index in [9.17, 15) is 0 Å². The van der Waals surface area contributed by atoms with Gasteiger partial charge in [0, 0.05) is 0 Å². The molecule has 0 saturated carbocycles. The number of benzene rings is 1. The Labute approximate surface area is 60.6 Å². The minimum Gasteiger partial charge on any atom is -0.392 e. The van der Waals surface area contributed by atoms with Crippen molar-refractivity contribution in [2.75, 3.05) is 0 Å². The quantitative estimate of drug-likeness (QED) is 0.604. The fraction of sp³-hybridized carbons (Fsp3) is 0.250. The van der Waals surface area contributed by atoms with Gasteiger partial charge in [0.25, 0.3) is 0 Å². The molecule has 0 spiro atoms. The molecule has 0 heterocycles. The van der Waals surface area contributed by atoms with Crippen LogP contribution in [0.15, 0.2) is 24.2 Å². The zero-order valence-electron chi connectivity index (χ0n) is 9.15. The molecule has 9 heavy (non-hydrogen) atoms. The van der Waals surface area contributed by atoms with Gasteiger partial charge in [-0.05, 0) is 18.1 Å². The highest BCUT2D eigenvalue weighted by Crippen LogP contribution is 2.05. The van der Waals surface area contributed by atoms with Crippen LogP contribution in [0.5, 0.6) is 0 Å². The summed E-state index contributed by atoms with van der Waals surface area (Å²) in [5.74, 6) is 0. The summed E-state index contributed by atoms with van der Waals surface area (Å²) in [5, 5.41) is 8.89. The molecule has 0 saturated heterocycles. The summed E-state index contributed by atoms with van der Waals surface area (Å²) in [5.41, 5.74) is 0.680. The first-order chi connectivity index (χ1) is 6.00. The lowest BCUT2D eigenvalue weighted by atomic mass is 10.1. The summed E-state index contributed by atoms with van der Waals surface area (Å²) in [4.78, 5) is 0. The zero-order valence-corrected chi connectivity index (χ0v) is 5.15. The fourth-order valence-corrected chi connectivity index (χ4v) is 0.559. The van der Waals surface area contributed by atoms with E-state index in [0.29, 0.717) is 5.56 Å². The lowest BCUT2D eigenvalue weighted by Crippen LogP contribution is -1.85. The topological polar surface area (TPSA) is 20.2 Å². The van der Waals surface area contributed by atoms with E-state index in [4.69, 9.17) is 10.6 Å². The molecule has 1 aromatic carbocycles. The van der Waals surface area contributed by atoms with Crippen LogP contribution in [0.25, 0.3) is 0 Å². The third kappa shape index (κ3) is 1.30. The van der Waals surface area contributed by atoms with E-state index >= 15 is 0 Å². The number of hydrogen-bond donors (Lipinski definition) is 1. The maximum absolute atomic E-state index is 8.89. The second-order valence-corrected chi connectivity index (χ2v) is 1.76. The Bertz CT molecular complexity index is 319. The summed E-state index contributed by atoms with van der Waals surface area (Å²) >= 11 is 0. The lowest BCUT2D eigenvalue weighted by Gasteiger charge is -1.97. The van der Waals surface area contributed by atoms with Crippen molar-refractivity contribution >= 4 is 0 Å². The maximum atomic E-state index is 8.89. The molecule has 1 aromatic rings. The molecular formula is C8H10O. The molecule has 0 aliphatic rings. The first kappa shape index (κ1) is 2.84. The van der Waals surface area contributed by atoms with E-state index in [2.05, 4.69) is 0 Å². The molecule has 1 rings (SSSR count). The Kier molecular flexibility index (Phi) is 0.836. The third-order valence-corrected chi connectivity index (χ3v) is 1.14. The van der Waals surface area contributed by atoms with Crippen LogP contribution in [-0.4, -0.2) is 5.11 Å². The Morgan fingerprint density at radius 1 is 1.56 bits per heavy atom. The van der Waals surface area contributed by atoms with Crippen molar-refractivity contribution in [3.8, 4) is 0 Å². The minimum absolute atomic E-state index is 0.0787. The predicted octanol–water partition coefficient (Wildman–Crippen LogP) is 1.49. The molecule has 0 aliphatic heterocycles. The largest absolute Gasteiger partial charge is 0.392 e. The van der Waals surface area contributed by atoms with E-state index in [1.165, 1.54) is 0 Å². The second-order valence-electron chi connectivity index (χ2n) is 1.76. The van der Waals surface area contributed by atoms with Gasteiger partial charge >= 0.3 is 0 Å². The van der Waals surface area contributed by atoms with Crippen molar-refractivity contribution in [3.05, 3.63) is 35.3 Å². The average molecular weight is 126 g/mol. The van der Waals surface area contributed by atoms with Crippen LogP contribution in [0, 0.1) is 6.92 Å². The second kappa shape index (κ2) is 2.65. The standard InChI is InChI=1S/C8H10O/c1-7-4-2-3-5-8(7)6-9/h2-5,9H,6H2,1H3/i2D,3D,4D,5D. The zero-order chi connectivity index (χ0) is 10.2. The van der Waals surface area contributed by atoms with E-state index < -0.39 is 0 Å². The van der Waals surface area contributed by atoms with E-state index in [1.54, 1.807) is 6.92 Å². The van der Waals surface area contributed by atoms with Crippen molar-refractivity contribution in [2.45, 2.75) is 13.5 Å². The molecule has 0 bridgehead atoms.